The monoisotopic (exact) mass is 314 g/mol. The van der Waals surface area contributed by atoms with Gasteiger partial charge in [0.25, 0.3) is 0 Å². The number of rotatable bonds is 5. The number of aryl methyl sites for hydroxylation is 2. The third kappa shape index (κ3) is 4.74. The zero-order chi connectivity index (χ0) is 15.9. The van der Waals surface area contributed by atoms with Gasteiger partial charge in [0.1, 0.15) is 12.4 Å². The van der Waals surface area contributed by atoms with Crippen molar-refractivity contribution in [2.24, 2.45) is 0 Å². The molecular formula is C18H22N2OS. The van der Waals surface area contributed by atoms with E-state index >= 15 is 0 Å². The molecule has 116 valence electrons. The Kier molecular flexibility index (Phi) is 5.78. The number of ether oxygens (including phenoxy) is 1. The molecule has 0 radical (unpaired) electrons. The second-order valence-corrected chi connectivity index (χ2v) is 5.70. The van der Waals surface area contributed by atoms with Crippen LogP contribution in [-0.2, 0) is 0 Å². The largest absolute Gasteiger partial charge is 0.492 e. The molecule has 0 aliphatic rings. The summed E-state index contributed by atoms with van der Waals surface area (Å²) in [5, 5.41) is 6.99. The summed E-state index contributed by atoms with van der Waals surface area (Å²) in [6.07, 6.45) is 0. The van der Waals surface area contributed by atoms with Gasteiger partial charge in [0.2, 0.25) is 0 Å². The predicted molar refractivity (Wildman–Crippen MR) is 96.8 cm³/mol. The predicted octanol–water partition coefficient (Wildman–Crippen LogP) is 3.98. The van der Waals surface area contributed by atoms with E-state index in [1.54, 1.807) is 0 Å². The smallest absolute Gasteiger partial charge is 0.170 e. The SMILES string of the molecule is Cc1ccc(OCCNC(=S)Nc2cccc(C)c2C)cc1. The van der Waals surface area contributed by atoms with Crippen LogP contribution in [0.3, 0.4) is 0 Å². The molecule has 0 heterocycles. The molecule has 4 heteroatoms. The second kappa shape index (κ2) is 7.80. The molecule has 0 saturated carbocycles. The molecule has 22 heavy (non-hydrogen) atoms. The fourth-order valence-corrected chi connectivity index (χ4v) is 2.23. The van der Waals surface area contributed by atoms with Crippen molar-refractivity contribution in [1.82, 2.24) is 5.32 Å². The molecule has 2 aromatic carbocycles. The number of thiocarbonyl (C=S) groups is 1. The van der Waals surface area contributed by atoms with Crippen LogP contribution in [0.2, 0.25) is 0 Å². The van der Waals surface area contributed by atoms with Crippen LogP contribution in [-0.4, -0.2) is 18.3 Å². The van der Waals surface area contributed by atoms with Gasteiger partial charge in [-0.2, -0.15) is 0 Å². The maximum absolute atomic E-state index is 5.65. The number of hydrogen-bond acceptors (Lipinski definition) is 2. The van der Waals surface area contributed by atoms with Gasteiger partial charge in [-0.1, -0.05) is 29.8 Å². The van der Waals surface area contributed by atoms with Gasteiger partial charge in [-0.3, -0.25) is 0 Å². The van der Waals surface area contributed by atoms with Crippen LogP contribution in [0, 0.1) is 20.8 Å². The average molecular weight is 314 g/mol. The molecule has 2 N–H and O–H groups in total. The molecule has 0 fully saturated rings. The molecule has 0 atom stereocenters. The van der Waals surface area contributed by atoms with Crippen LogP contribution in [0.5, 0.6) is 5.75 Å². The molecule has 2 rings (SSSR count). The molecule has 3 nitrogen and oxygen atoms in total. The first-order valence-corrected chi connectivity index (χ1v) is 7.77. The third-order valence-electron chi connectivity index (χ3n) is 3.53. The van der Waals surface area contributed by atoms with Crippen molar-refractivity contribution < 1.29 is 4.74 Å². The van der Waals surface area contributed by atoms with Crippen LogP contribution in [0.25, 0.3) is 0 Å². The topological polar surface area (TPSA) is 33.3 Å². The van der Waals surface area contributed by atoms with Crippen LogP contribution in [0.15, 0.2) is 42.5 Å². The van der Waals surface area contributed by atoms with Crippen LogP contribution >= 0.6 is 12.2 Å². The van der Waals surface area contributed by atoms with E-state index in [0.717, 1.165) is 11.4 Å². The summed E-state index contributed by atoms with van der Waals surface area (Å²) in [4.78, 5) is 0. The van der Waals surface area contributed by atoms with E-state index < -0.39 is 0 Å². The van der Waals surface area contributed by atoms with E-state index in [1.807, 2.05) is 36.4 Å². The van der Waals surface area contributed by atoms with Crippen molar-refractivity contribution in [2.45, 2.75) is 20.8 Å². The van der Waals surface area contributed by atoms with Crippen LogP contribution in [0.1, 0.15) is 16.7 Å². The van der Waals surface area contributed by atoms with Gasteiger partial charge in [-0.25, -0.2) is 0 Å². The summed E-state index contributed by atoms with van der Waals surface area (Å²) in [7, 11) is 0. The first kappa shape index (κ1) is 16.3. The van der Waals surface area contributed by atoms with E-state index in [9.17, 15) is 0 Å². The van der Waals surface area contributed by atoms with Crippen molar-refractivity contribution in [3.8, 4) is 5.75 Å². The summed E-state index contributed by atoms with van der Waals surface area (Å²) in [6, 6.07) is 14.2. The Hall–Kier alpha value is -2.07. The highest BCUT2D eigenvalue weighted by Gasteiger charge is 2.02. The minimum atomic E-state index is 0.567. The van der Waals surface area contributed by atoms with E-state index in [0.29, 0.717) is 18.3 Å². The van der Waals surface area contributed by atoms with Crippen molar-refractivity contribution in [1.29, 1.82) is 0 Å². The average Bonchev–Trinajstić information content (AvgIpc) is 2.50. The molecule has 0 saturated heterocycles. The molecular weight excluding hydrogens is 292 g/mol. The van der Waals surface area contributed by atoms with Gasteiger partial charge in [-0.15, -0.1) is 0 Å². The van der Waals surface area contributed by atoms with Crippen molar-refractivity contribution in [3.63, 3.8) is 0 Å². The number of benzene rings is 2. The lowest BCUT2D eigenvalue weighted by Gasteiger charge is -2.14. The molecule has 0 aliphatic carbocycles. The van der Waals surface area contributed by atoms with E-state index in [-0.39, 0.29) is 0 Å². The molecule has 0 spiro atoms. The standard InChI is InChI=1S/C18H22N2OS/c1-13-7-9-16(10-8-13)21-12-11-19-18(22)20-17-6-4-5-14(2)15(17)3/h4-10H,11-12H2,1-3H3,(H2,19,20,22). The zero-order valence-corrected chi connectivity index (χ0v) is 14.1. The third-order valence-corrected chi connectivity index (χ3v) is 3.78. The van der Waals surface area contributed by atoms with E-state index in [2.05, 4.69) is 37.5 Å². The van der Waals surface area contributed by atoms with Gasteiger partial charge in [0.05, 0.1) is 6.54 Å². The summed E-state index contributed by atoms with van der Waals surface area (Å²) >= 11 is 5.31. The molecule has 0 bridgehead atoms. The first-order valence-electron chi connectivity index (χ1n) is 7.37. The number of nitrogens with one attached hydrogen (secondary N) is 2. The molecule has 0 unspecified atom stereocenters. The van der Waals surface area contributed by atoms with Crippen LogP contribution < -0.4 is 15.4 Å². The molecule has 0 aromatic heterocycles. The van der Waals surface area contributed by atoms with Gasteiger partial charge in [-0.05, 0) is 62.3 Å². The van der Waals surface area contributed by atoms with Gasteiger partial charge < -0.3 is 15.4 Å². The fourth-order valence-electron chi connectivity index (χ4n) is 2.02. The highest BCUT2D eigenvalue weighted by molar-refractivity contribution is 7.80. The quantitative estimate of drug-likeness (QED) is 0.646. The number of hydrogen-bond donors (Lipinski definition) is 2. The lowest BCUT2D eigenvalue weighted by molar-refractivity contribution is 0.322. The Morgan fingerprint density at radius 3 is 2.50 bits per heavy atom. The maximum atomic E-state index is 5.65. The zero-order valence-electron chi connectivity index (χ0n) is 13.3. The van der Waals surface area contributed by atoms with E-state index in [1.165, 1.54) is 16.7 Å². The Morgan fingerprint density at radius 2 is 1.77 bits per heavy atom. The van der Waals surface area contributed by atoms with Crippen molar-refractivity contribution >= 4 is 23.0 Å². The minimum absolute atomic E-state index is 0.567. The van der Waals surface area contributed by atoms with Gasteiger partial charge >= 0.3 is 0 Å². The van der Waals surface area contributed by atoms with E-state index in [4.69, 9.17) is 17.0 Å². The van der Waals surface area contributed by atoms with Crippen LogP contribution in [0.4, 0.5) is 5.69 Å². The van der Waals surface area contributed by atoms with Crippen molar-refractivity contribution in [3.05, 3.63) is 59.2 Å². The summed E-state index contributed by atoms with van der Waals surface area (Å²) in [5.74, 6) is 0.876. The fraction of sp³-hybridized carbons (Fsp3) is 0.278. The normalized spacial score (nSPS) is 10.1. The van der Waals surface area contributed by atoms with Gasteiger partial charge in [0, 0.05) is 5.69 Å². The first-order chi connectivity index (χ1) is 10.6. The van der Waals surface area contributed by atoms with Gasteiger partial charge in [0.15, 0.2) is 5.11 Å². The Labute approximate surface area is 137 Å². The maximum Gasteiger partial charge on any atom is 0.170 e. The minimum Gasteiger partial charge on any atom is -0.492 e. The Bertz CT molecular complexity index is 638. The lowest BCUT2D eigenvalue weighted by atomic mass is 10.1. The second-order valence-electron chi connectivity index (χ2n) is 5.29. The summed E-state index contributed by atoms with van der Waals surface area (Å²) < 4.78 is 5.65. The highest BCUT2D eigenvalue weighted by atomic mass is 32.1. The molecule has 0 aliphatic heterocycles. The molecule has 2 aromatic rings. The number of anilines is 1. The summed E-state index contributed by atoms with van der Waals surface area (Å²) in [6.45, 7) is 7.46. The summed E-state index contributed by atoms with van der Waals surface area (Å²) in [5.41, 5.74) is 4.72. The molecule has 0 amide bonds. The highest BCUT2D eigenvalue weighted by Crippen LogP contribution is 2.17. The lowest BCUT2D eigenvalue weighted by Crippen LogP contribution is -2.32. The Balaban J connectivity index is 1.74. The van der Waals surface area contributed by atoms with Crippen molar-refractivity contribution in [2.75, 3.05) is 18.5 Å². The Morgan fingerprint density at radius 1 is 1.05 bits per heavy atom.